The summed E-state index contributed by atoms with van der Waals surface area (Å²) in [5, 5.41) is 2.62. The Morgan fingerprint density at radius 3 is 2.38 bits per heavy atom. The zero-order valence-corrected chi connectivity index (χ0v) is 10.4. The Hall–Kier alpha value is -1.31. The average molecular weight is 219 g/mol. The summed E-state index contributed by atoms with van der Waals surface area (Å²) < 4.78 is 0. The normalized spacial score (nSPS) is 10.5. The molecule has 0 unspecified atom stereocenters. The van der Waals surface area contributed by atoms with Crippen LogP contribution in [0.4, 0.5) is 0 Å². The molecule has 0 spiro atoms. The van der Waals surface area contributed by atoms with Crippen molar-refractivity contribution in [2.45, 2.75) is 33.1 Å². The van der Waals surface area contributed by atoms with Crippen LogP contribution in [0.2, 0.25) is 0 Å². The van der Waals surface area contributed by atoms with Crippen molar-refractivity contribution in [2.24, 2.45) is 5.92 Å². The molecule has 0 heterocycles. The van der Waals surface area contributed by atoms with E-state index in [0.717, 1.165) is 17.9 Å². The number of carbonyl (C=O) groups excluding carboxylic acids is 1. The predicted molar refractivity (Wildman–Crippen MR) is 67.6 cm³/mol. The van der Waals surface area contributed by atoms with Crippen LogP contribution in [0.5, 0.6) is 0 Å². The van der Waals surface area contributed by atoms with Crippen LogP contribution in [-0.4, -0.2) is 13.0 Å². The summed E-state index contributed by atoms with van der Waals surface area (Å²) in [4.78, 5) is 11.3. The molecular formula is C14H21NO. The highest BCUT2D eigenvalue weighted by molar-refractivity contribution is 5.93. The minimum absolute atomic E-state index is 0.0197. The molecule has 0 radical (unpaired) electrons. The van der Waals surface area contributed by atoms with Crippen LogP contribution in [0.1, 0.15) is 42.6 Å². The highest BCUT2D eigenvalue weighted by atomic mass is 16.1. The minimum atomic E-state index is -0.0197. The second-order valence-corrected chi connectivity index (χ2v) is 4.56. The first-order chi connectivity index (χ1) is 7.63. The molecule has 0 aliphatic carbocycles. The van der Waals surface area contributed by atoms with Gasteiger partial charge in [0.2, 0.25) is 0 Å². The molecule has 0 bridgehead atoms. The monoisotopic (exact) mass is 219 g/mol. The van der Waals surface area contributed by atoms with Gasteiger partial charge in [0.15, 0.2) is 0 Å². The van der Waals surface area contributed by atoms with E-state index in [1.165, 1.54) is 18.4 Å². The molecule has 0 fully saturated rings. The van der Waals surface area contributed by atoms with Crippen LogP contribution in [0.15, 0.2) is 24.3 Å². The van der Waals surface area contributed by atoms with Crippen molar-refractivity contribution in [2.75, 3.05) is 7.05 Å². The summed E-state index contributed by atoms with van der Waals surface area (Å²) in [6, 6.07) is 7.88. The van der Waals surface area contributed by atoms with Crippen molar-refractivity contribution in [3.63, 3.8) is 0 Å². The fraction of sp³-hybridized carbons (Fsp3) is 0.500. The van der Waals surface area contributed by atoms with Crippen molar-refractivity contribution < 1.29 is 4.79 Å². The number of hydrogen-bond donors (Lipinski definition) is 1. The van der Waals surface area contributed by atoms with Gasteiger partial charge in [0.1, 0.15) is 0 Å². The Morgan fingerprint density at radius 1 is 1.25 bits per heavy atom. The van der Waals surface area contributed by atoms with Gasteiger partial charge in [-0.2, -0.15) is 0 Å². The van der Waals surface area contributed by atoms with Gasteiger partial charge in [0, 0.05) is 12.6 Å². The molecular weight excluding hydrogens is 198 g/mol. The summed E-state index contributed by atoms with van der Waals surface area (Å²) in [6.07, 6.45) is 3.58. The van der Waals surface area contributed by atoms with Crippen LogP contribution in [0.25, 0.3) is 0 Å². The highest BCUT2D eigenvalue weighted by Gasteiger charge is 2.02. The SMILES string of the molecule is CNC(=O)c1ccc(CCCC(C)C)cc1. The molecule has 0 aliphatic rings. The second-order valence-electron chi connectivity index (χ2n) is 4.56. The largest absolute Gasteiger partial charge is 0.355 e. The van der Waals surface area contributed by atoms with Gasteiger partial charge in [0.25, 0.3) is 5.91 Å². The van der Waals surface area contributed by atoms with Gasteiger partial charge in [0.05, 0.1) is 0 Å². The van der Waals surface area contributed by atoms with E-state index in [0.29, 0.717) is 0 Å². The molecule has 0 aliphatic heterocycles. The van der Waals surface area contributed by atoms with Gasteiger partial charge in [-0.1, -0.05) is 32.4 Å². The van der Waals surface area contributed by atoms with E-state index >= 15 is 0 Å². The summed E-state index contributed by atoms with van der Waals surface area (Å²) in [7, 11) is 1.65. The van der Waals surface area contributed by atoms with Gasteiger partial charge >= 0.3 is 0 Å². The minimum Gasteiger partial charge on any atom is -0.355 e. The predicted octanol–water partition coefficient (Wildman–Crippen LogP) is 3.02. The molecule has 1 rings (SSSR count). The fourth-order valence-electron chi connectivity index (χ4n) is 1.68. The lowest BCUT2D eigenvalue weighted by molar-refractivity contribution is 0.0963. The van der Waals surface area contributed by atoms with E-state index in [4.69, 9.17) is 0 Å². The molecule has 16 heavy (non-hydrogen) atoms. The van der Waals surface area contributed by atoms with Crippen molar-refractivity contribution in [3.05, 3.63) is 35.4 Å². The number of hydrogen-bond acceptors (Lipinski definition) is 1. The van der Waals surface area contributed by atoms with Crippen molar-refractivity contribution in [1.29, 1.82) is 0 Å². The Balaban J connectivity index is 2.48. The molecule has 1 aromatic carbocycles. The smallest absolute Gasteiger partial charge is 0.251 e. The molecule has 2 nitrogen and oxygen atoms in total. The number of rotatable bonds is 5. The Labute approximate surface area is 98.1 Å². The quantitative estimate of drug-likeness (QED) is 0.810. The van der Waals surface area contributed by atoms with Crippen LogP contribution in [0, 0.1) is 5.92 Å². The topological polar surface area (TPSA) is 29.1 Å². The summed E-state index contributed by atoms with van der Waals surface area (Å²) >= 11 is 0. The van der Waals surface area contributed by atoms with E-state index in [-0.39, 0.29) is 5.91 Å². The standard InChI is InChI=1S/C14H21NO/c1-11(2)5-4-6-12-7-9-13(10-8-12)14(16)15-3/h7-11H,4-6H2,1-3H3,(H,15,16). The van der Waals surface area contributed by atoms with Crippen molar-refractivity contribution >= 4 is 5.91 Å². The van der Waals surface area contributed by atoms with Crippen LogP contribution < -0.4 is 5.32 Å². The summed E-state index contributed by atoms with van der Waals surface area (Å²) in [5.74, 6) is 0.749. The highest BCUT2D eigenvalue weighted by Crippen LogP contribution is 2.11. The maximum Gasteiger partial charge on any atom is 0.251 e. The molecule has 1 aromatic rings. The lowest BCUT2D eigenvalue weighted by Gasteiger charge is -2.05. The number of carbonyl (C=O) groups is 1. The maximum absolute atomic E-state index is 11.3. The molecule has 0 saturated carbocycles. The molecule has 0 aromatic heterocycles. The third-order valence-corrected chi connectivity index (χ3v) is 2.69. The van der Waals surface area contributed by atoms with Crippen molar-refractivity contribution in [3.8, 4) is 0 Å². The first-order valence-electron chi connectivity index (χ1n) is 5.94. The Bertz CT molecular complexity index is 327. The lowest BCUT2D eigenvalue weighted by atomic mass is 10.0. The van der Waals surface area contributed by atoms with Gasteiger partial charge in [-0.3, -0.25) is 4.79 Å². The van der Waals surface area contributed by atoms with E-state index in [1.54, 1.807) is 7.05 Å². The maximum atomic E-state index is 11.3. The Kier molecular flexibility index (Phi) is 5.03. The average Bonchev–Trinajstić information content (AvgIpc) is 2.28. The third-order valence-electron chi connectivity index (χ3n) is 2.69. The molecule has 1 N–H and O–H groups in total. The molecule has 1 amide bonds. The Morgan fingerprint density at radius 2 is 1.88 bits per heavy atom. The van der Waals surface area contributed by atoms with Gasteiger partial charge < -0.3 is 5.32 Å². The fourth-order valence-corrected chi connectivity index (χ4v) is 1.68. The van der Waals surface area contributed by atoms with Crippen molar-refractivity contribution in [1.82, 2.24) is 5.32 Å². The van der Waals surface area contributed by atoms with Gasteiger partial charge in [-0.25, -0.2) is 0 Å². The molecule has 0 atom stereocenters. The van der Waals surface area contributed by atoms with Gasteiger partial charge in [-0.05, 0) is 36.5 Å². The number of aryl methyl sites for hydroxylation is 1. The first kappa shape index (κ1) is 12.8. The summed E-state index contributed by atoms with van der Waals surface area (Å²) in [5.41, 5.74) is 2.04. The number of amides is 1. The number of benzene rings is 1. The number of nitrogens with one attached hydrogen (secondary N) is 1. The van der Waals surface area contributed by atoms with E-state index < -0.39 is 0 Å². The molecule has 88 valence electrons. The van der Waals surface area contributed by atoms with Gasteiger partial charge in [-0.15, -0.1) is 0 Å². The lowest BCUT2D eigenvalue weighted by Crippen LogP contribution is -2.17. The summed E-state index contributed by atoms with van der Waals surface area (Å²) in [6.45, 7) is 4.49. The third kappa shape index (κ3) is 4.05. The zero-order valence-electron chi connectivity index (χ0n) is 10.4. The van der Waals surface area contributed by atoms with E-state index in [1.807, 2.05) is 24.3 Å². The second kappa shape index (κ2) is 6.31. The van der Waals surface area contributed by atoms with Crippen LogP contribution in [-0.2, 0) is 6.42 Å². The first-order valence-corrected chi connectivity index (χ1v) is 5.94. The van der Waals surface area contributed by atoms with Crippen LogP contribution in [0.3, 0.4) is 0 Å². The van der Waals surface area contributed by atoms with E-state index in [9.17, 15) is 4.79 Å². The molecule has 2 heteroatoms. The zero-order chi connectivity index (χ0) is 12.0. The molecule has 0 saturated heterocycles. The van der Waals surface area contributed by atoms with E-state index in [2.05, 4.69) is 19.2 Å². The van der Waals surface area contributed by atoms with Crippen LogP contribution >= 0.6 is 0 Å².